The molecule has 288 valence electrons. The molecule has 0 unspecified atom stereocenters. The standard InChI is InChI=1S/C9H6ClF3N2S.C9H7F3N2OS.C8H8F3NO2S.Cl3OP/c1-4-14-7(10)6-2-5(3-9(11,12)13)16-8(6)15-4;1-4-13-7(15)6-2-5(3-9(10,11)12)16-8(6)14-4;1-14-7(13)5-2-4(15-6(5)12)3-8(9,10)11;1-5(2,3)4/h2H,3H2,1H3;2H,3H2,1H3,(H,13,14,15);2H,3,12H2,1H3;. The van der Waals surface area contributed by atoms with Crippen molar-refractivity contribution in [1.82, 2.24) is 19.9 Å². The molecule has 0 spiro atoms. The van der Waals surface area contributed by atoms with Gasteiger partial charge < -0.3 is 15.5 Å². The number of nitrogens with one attached hydrogen (secondary N) is 1. The lowest BCUT2D eigenvalue weighted by Gasteiger charge is -2.02. The number of halogens is 13. The largest absolute Gasteiger partial charge is 0.465 e. The van der Waals surface area contributed by atoms with Crippen LogP contribution >= 0.6 is 84.5 Å². The summed E-state index contributed by atoms with van der Waals surface area (Å²) in [6.45, 7) is 3.23. The maximum atomic E-state index is 12.2. The number of ether oxygens (including phenoxy) is 1. The molecular weight excluding hydrogens is 886 g/mol. The van der Waals surface area contributed by atoms with Crippen LogP contribution in [0.15, 0.2) is 23.0 Å². The van der Waals surface area contributed by atoms with E-state index in [0.29, 0.717) is 26.7 Å². The van der Waals surface area contributed by atoms with Crippen LogP contribution in [0.5, 0.6) is 0 Å². The average molecular weight is 907 g/mol. The van der Waals surface area contributed by atoms with E-state index in [0.717, 1.165) is 47.2 Å². The van der Waals surface area contributed by atoms with Crippen molar-refractivity contribution >= 4 is 116 Å². The van der Waals surface area contributed by atoms with Gasteiger partial charge in [0, 0.05) is 20.0 Å². The van der Waals surface area contributed by atoms with Crippen LogP contribution in [0.2, 0.25) is 5.15 Å². The van der Waals surface area contributed by atoms with Crippen molar-refractivity contribution in [2.45, 2.75) is 51.6 Å². The molecule has 5 aromatic heterocycles. The Kier molecular flexibility index (Phi) is 16.1. The van der Waals surface area contributed by atoms with Gasteiger partial charge in [0.2, 0.25) is 0 Å². The van der Waals surface area contributed by atoms with E-state index in [4.69, 9.17) is 17.3 Å². The summed E-state index contributed by atoms with van der Waals surface area (Å²) in [7, 11) is 1.14. The number of anilines is 1. The molecule has 0 saturated heterocycles. The molecular formula is C26H21Cl4F9N5O4PS3. The number of carbonyl (C=O) groups is 1. The molecule has 0 fully saturated rings. The molecule has 0 radical (unpaired) electrons. The number of nitrogens with two attached hydrogens (primary N) is 1. The van der Waals surface area contributed by atoms with Gasteiger partial charge in [-0.15, -0.1) is 34.0 Å². The van der Waals surface area contributed by atoms with E-state index < -0.39 is 54.5 Å². The number of H-pyrrole nitrogens is 1. The number of hydrogen-bond donors (Lipinski definition) is 2. The topological polar surface area (TPSA) is 141 Å². The summed E-state index contributed by atoms with van der Waals surface area (Å²) in [5.74, 6) is 0.132. The maximum Gasteiger partial charge on any atom is 0.393 e. The Morgan fingerprint density at radius 3 is 1.67 bits per heavy atom. The van der Waals surface area contributed by atoms with Crippen LogP contribution in [0.3, 0.4) is 0 Å². The second kappa shape index (κ2) is 18.3. The van der Waals surface area contributed by atoms with Gasteiger partial charge in [-0.25, -0.2) is 19.7 Å². The van der Waals surface area contributed by atoms with Crippen molar-refractivity contribution in [2.24, 2.45) is 0 Å². The zero-order chi connectivity index (χ0) is 40.0. The first-order valence-corrected chi connectivity index (χ1v) is 20.6. The van der Waals surface area contributed by atoms with Gasteiger partial charge in [-0.1, -0.05) is 11.6 Å². The molecule has 26 heteroatoms. The Bertz CT molecular complexity index is 2100. The molecule has 9 nitrogen and oxygen atoms in total. The first-order valence-electron chi connectivity index (χ1n) is 13.3. The van der Waals surface area contributed by atoms with E-state index in [-0.39, 0.29) is 35.7 Å². The quantitative estimate of drug-likeness (QED) is 0.0786. The molecule has 0 saturated carbocycles. The fourth-order valence-electron chi connectivity index (χ4n) is 3.71. The van der Waals surface area contributed by atoms with Crippen molar-refractivity contribution in [3.63, 3.8) is 0 Å². The highest BCUT2D eigenvalue weighted by Gasteiger charge is 2.31. The van der Waals surface area contributed by atoms with E-state index in [2.05, 4.69) is 58.4 Å². The van der Waals surface area contributed by atoms with Gasteiger partial charge in [-0.2, -0.15) is 39.5 Å². The predicted molar refractivity (Wildman–Crippen MR) is 187 cm³/mol. The molecule has 0 aliphatic rings. The number of aryl methyl sites for hydroxylation is 2. The van der Waals surface area contributed by atoms with Crippen LogP contribution in [-0.2, 0) is 28.6 Å². The van der Waals surface area contributed by atoms with Crippen LogP contribution in [0.1, 0.15) is 36.6 Å². The normalized spacial score (nSPS) is 12.0. The number of thiophene rings is 3. The summed E-state index contributed by atoms with van der Waals surface area (Å²) < 4.78 is 123. The monoisotopic (exact) mass is 905 g/mol. The zero-order valence-corrected chi connectivity index (χ0v) is 32.4. The number of rotatable bonds is 4. The number of aromatic nitrogens is 4. The van der Waals surface area contributed by atoms with Crippen molar-refractivity contribution in [3.05, 3.63) is 65.5 Å². The van der Waals surface area contributed by atoms with Crippen LogP contribution < -0.4 is 11.3 Å². The SMILES string of the molecule is COC(=O)c1cc(CC(F)(F)F)sc1N.Cc1nc(Cl)c2cc(CC(F)(F)F)sc2n1.Cc1nc2sc(CC(F)(F)F)cc2c(=O)[nH]1.O=P(Cl)(Cl)Cl. The summed E-state index contributed by atoms with van der Waals surface area (Å²) in [4.78, 5) is 38.0. The molecule has 52 heavy (non-hydrogen) atoms. The smallest absolute Gasteiger partial charge is 0.393 e. The summed E-state index contributed by atoms with van der Waals surface area (Å²) in [6.07, 6.45) is -15.8. The predicted octanol–water partition coefficient (Wildman–Crippen LogP) is 11.2. The van der Waals surface area contributed by atoms with Crippen molar-refractivity contribution in [1.29, 1.82) is 0 Å². The van der Waals surface area contributed by atoms with Gasteiger partial charge in [-0.05, 0) is 65.8 Å². The van der Waals surface area contributed by atoms with E-state index >= 15 is 0 Å². The minimum atomic E-state index is -4.30. The lowest BCUT2D eigenvalue weighted by molar-refractivity contribution is -0.127. The third-order valence-corrected chi connectivity index (χ3v) is 8.73. The molecule has 3 N–H and O–H groups in total. The molecule has 0 aromatic carbocycles. The molecule has 0 atom stereocenters. The van der Waals surface area contributed by atoms with E-state index in [1.54, 1.807) is 13.8 Å². The second-order valence-corrected chi connectivity index (χ2v) is 20.2. The van der Waals surface area contributed by atoms with Crippen LogP contribution in [-0.4, -0.2) is 51.5 Å². The first-order chi connectivity index (χ1) is 23.5. The number of aromatic amines is 1. The maximum absolute atomic E-state index is 12.2. The summed E-state index contributed by atoms with van der Waals surface area (Å²) in [6, 6.07) is 3.76. The Morgan fingerprint density at radius 2 is 1.23 bits per heavy atom. The number of methoxy groups -OCH3 is 1. The van der Waals surface area contributed by atoms with E-state index in [9.17, 15) is 53.7 Å². The first kappa shape index (κ1) is 45.8. The fraction of sp³-hybridized carbons (Fsp3) is 0.346. The highest BCUT2D eigenvalue weighted by Crippen LogP contribution is 2.61. The molecule has 5 aromatic rings. The highest BCUT2D eigenvalue weighted by molar-refractivity contribution is 8.24. The number of carbonyl (C=O) groups excluding carboxylic acids is 1. The number of fused-ring (bicyclic) bond motifs is 2. The number of nitrogens with zero attached hydrogens (tertiary/aromatic N) is 3. The average Bonchev–Trinajstić information content (AvgIpc) is 3.61. The van der Waals surface area contributed by atoms with Crippen molar-refractivity contribution in [2.75, 3.05) is 12.8 Å². The lowest BCUT2D eigenvalue weighted by atomic mass is 10.2. The molecule has 0 bridgehead atoms. The minimum absolute atomic E-state index is 0.000370. The van der Waals surface area contributed by atoms with Gasteiger partial charge in [0.05, 0.1) is 37.3 Å². The Labute approximate surface area is 318 Å². The van der Waals surface area contributed by atoms with Crippen LogP contribution in [0.25, 0.3) is 20.4 Å². The summed E-state index contributed by atoms with van der Waals surface area (Å²) >= 11 is 22.3. The van der Waals surface area contributed by atoms with Crippen LogP contribution in [0, 0.1) is 13.8 Å². The molecule has 0 aliphatic carbocycles. The number of hydrogen-bond acceptors (Lipinski definition) is 11. The molecule has 5 rings (SSSR count). The summed E-state index contributed by atoms with van der Waals surface area (Å²) in [5, 5.41) is -2.28. The zero-order valence-electron chi connectivity index (χ0n) is 26.0. The Balaban J connectivity index is 0.000000254. The Hall–Kier alpha value is -2.39. The number of nitrogen functional groups attached to an aromatic ring is 1. The van der Waals surface area contributed by atoms with E-state index in [1.807, 2.05) is 0 Å². The number of esters is 1. The van der Waals surface area contributed by atoms with E-state index in [1.165, 1.54) is 12.1 Å². The van der Waals surface area contributed by atoms with Crippen molar-refractivity contribution < 1.29 is 53.6 Å². The third kappa shape index (κ3) is 16.7. The second-order valence-electron chi connectivity index (χ2n) is 9.83. The fourth-order valence-corrected chi connectivity index (χ4v) is 7.19. The summed E-state index contributed by atoms with van der Waals surface area (Å²) in [5.41, 5.74) is 4.98. The van der Waals surface area contributed by atoms with Gasteiger partial charge in [0.25, 0.3) is 5.56 Å². The van der Waals surface area contributed by atoms with Crippen molar-refractivity contribution in [3.8, 4) is 0 Å². The van der Waals surface area contributed by atoms with Gasteiger partial charge in [-0.3, -0.25) is 9.36 Å². The van der Waals surface area contributed by atoms with Gasteiger partial charge >= 0.3 is 29.7 Å². The van der Waals surface area contributed by atoms with Gasteiger partial charge in [0.1, 0.15) is 31.5 Å². The molecule has 0 amide bonds. The third-order valence-electron chi connectivity index (χ3n) is 5.42. The number of alkyl halides is 9. The van der Waals surface area contributed by atoms with Crippen LogP contribution in [0.4, 0.5) is 44.5 Å². The lowest BCUT2D eigenvalue weighted by Crippen LogP contribution is -2.10. The molecule has 5 heterocycles. The molecule has 0 aliphatic heterocycles. The highest BCUT2D eigenvalue weighted by atomic mass is 36.0. The minimum Gasteiger partial charge on any atom is -0.465 e. The Morgan fingerprint density at radius 1 is 0.808 bits per heavy atom. The van der Waals surface area contributed by atoms with Gasteiger partial charge in [0.15, 0.2) is 0 Å².